The molecule has 5 heteroatoms. The van der Waals surface area contributed by atoms with Crippen molar-refractivity contribution in [2.45, 2.75) is 13.0 Å². The Kier molecular flexibility index (Phi) is 3.59. The van der Waals surface area contributed by atoms with Gasteiger partial charge in [0.1, 0.15) is 5.69 Å². The molecule has 21 heavy (non-hydrogen) atoms. The van der Waals surface area contributed by atoms with Gasteiger partial charge in [-0.15, -0.1) is 0 Å². The molecule has 0 saturated carbocycles. The molecule has 0 radical (unpaired) electrons. The van der Waals surface area contributed by atoms with Crippen LogP contribution in [-0.2, 0) is 0 Å². The van der Waals surface area contributed by atoms with Crippen molar-refractivity contribution in [2.24, 2.45) is 0 Å². The summed E-state index contributed by atoms with van der Waals surface area (Å²) in [6.45, 7) is 2.00. The van der Waals surface area contributed by atoms with Crippen LogP contribution in [0.25, 0.3) is 11.1 Å². The number of benzene rings is 1. The normalized spacial score (nSPS) is 12.5. The predicted molar refractivity (Wildman–Crippen MR) is 85.2 cm³/mol. The van der Waals surface area contributed by atoms with E-state index in [4.69, 9.17) is 4.42 Å². The molecule has 1 aromatic carbocycles. The Morgan fingerprint density at radius 2 is 2.10 bits per heavy atom. The largest absolute Gasteiger partial charge is 0.463 e. The van der Waals surface area contributed by atoms with Gasteiger partial charge < -0.3 is 14.3 Å². The minimum Gasteiger partial charge on any atom is -0.463 e. The molecule has 0 bridgehead atoms. The quantitative estimate of drug-likeness (QED) is 0.765. The maximum absolute atomic E-state index is 12.6. The van der Waals surface area contributed by atoms with E-state index in [0.717, 1.165) is 15.6 Å². The van der Waals surface area contributed by atoms with E-state index in [9.17, 15) is 4.79 Å². The van der Waals surface area contributed by atoms with E-state index in [2.05, 4.69) is 20.9 Å². The van der Waals surface area contributed by atoms with Gasteiger partial charge in [0.2, 0.25) is 0 Å². The van der Waals surface area contributed by atoms with Gasteiger partial charge in [0, 0.05) is 23.7 Å². The molecule has 0 aliphatic rings. The van der Waals surface area contributed by atoms with E-state index < -0.39 is 0 Å². The van der Waals surface area contributed by atoms with E-state index in [0.29, 0.717) is 11.3 Å². The zero-order valence-corrected chi connectivity index (χ0v) is 13.3. The topological polar surface area (TPSA) is 49.2 Å². The number of hydrogen-bond acceptors (Lipinski definition) is 2. The number of aromatic nitrogens is 1. The van der Waals surface area contributed by atoms with E-state index in [1.54, 1.807) is 24.3 Å². The number of nitrogens with zero attached hydrogens (tertiary/aromatic N) is 1. The van der Waals surface area contributed by atoms with Crippen LogP contribution in [0, 0.1) is 0 Å². The lowest BCUT2D eigenvalue weighted by Gasteiger charge is -2.25. The number of carbonyl (C=O) groups is 1. The molecule has 1 N–H and O–H groups in total. The number of amides is 1. The summed E-state index contributed by atoms with van der Waals surface area (Å²) < 4.78 is 6.28. The molecule has 3 rings (SSSR count). The third kappa shape index (κ3) is 2.49. The molecular weight excluding hydrogens is 332 g/mol. The molecule has 0 spiro atoms. The van der Waals surface area contributed by atoms with Crippen LogP contribution in [0.15, 0.2) is 51.6 Å². The van der Waals surface area contributed by atoms with E-state index in [-0.39, 0.29) is 11.9 Å². The average Bonchev–Trinajstić information content (AvgIpc) is 3.06. The van der Waals surface area contributed by atoms with Gasteiger partial charge in [-0.3, -0.25) is 4.79 Å². The molecule has 1 amide bonds. The summed E-state index contributed by atoms with van der Waals surface area (Å²) in [5, 5.41) is 0. The van der Waals surface area contributed by atoms with E-state index in [1.165, 1.54) is 0 Å². The third-order valence-corrected chi connectivity index (χ3v) is 4.45. The first-order chi connectivity index (χ1) is 10.1. The van der Waals surface area contributed by atoms with Crippen molar-refractivity contribution in [2.75, 3.05) is 7.05 Å². The number of carbonyl (C=O) groups excluding carboxylic acids is 1. The Labute approximate surface area is 130 Å². The molecule has 3 aromatic rings. The van der Waals surface area contributed by atoms with E-state index in [1.807, 2.05) is 37.3 Å². The van der Waals surface area contributed by atoms with Gasteiger partial charge in [-0.2, -0.15) is 0 Å². The van der Waals surface area contributed by atoms with E-state index >= 15 is 0 Å². The molecule has 2 heterocycles. The van der Waals surface area contributed by atoms with Gasteiger partial charge in [0.15, 0.2) is 5.58 Å². The van der Waals surface area contributed by atoms with Crippen LogP contribution in [0.3, 0.4) is 0 Å². The monoisotopic (exact) mass is 346 g/mol. The number of furan rings is 1. The standard InChI is InChI=1S/C16H15BrN2O2/c1-10(11-5-3-4-6-12(11)17)19(2)16(20)14-9-15-13(18-14)7-8-21-15/h3-10,18H,1-2H3. The van der Waals surface area contributed by atoms with Crippen LogP contribution in [-0.4, -0.2) is 22.8 Å². The lowest BCUT2D eigenvalue weighted by atomic mass is 10.1. The second-order valence-corrected chi connectivity index (χ2v) is 5.85. The number of hydrogen-bond donors (Lipinski definition) is 1. The second-order valence-electron chi connectivity index (χ2n) is 5.00. The lowest BCUT2D eigenvalue weighted by Crippen LogP contribution is -2.30. The summed E-state index contributed by atoms with van der Waals surface area (Å²) >= 11 is 3.53. The highest BCUT2D eigenvalue weighted by atomic mass is 79.9. The molecular formula is C16H15BrN2O2. The SMILES string of the molecule is CC(c1ccccc1Br)N(C)C(=O)c1cc2occc2[nH]1. The summed E-state index contributed by atoms with van der Waals surface area (Å²) in [5.41, 5.74) is 3.13. The molecule has 0 fully saturated rings. The molecule has 2 aromatic heterocycles. The highest BCUT2D eigenvalue weighted by Gasteiger charge is 2.22. The van der Waals surface area contributed by atoms with Crippen molar-refractivity contribution < 1.29 is 9.21 Å². The average molecular weight is 347 g/mol. The molecule has 1 unspecified atom stereocenters. The van der Waals surface area contributed by atoms with Crippen LogP contribution < -0.4 is 0 Å². The molecule has 4 nitrogen and oxygen atoms in total. The number of rotatable bonds is 3. The molecule has 1 atom stereocenters. The number of aromatic amines is 1. The Morgan fingerprint density at radius 3 is 2.81 bits per heavy atom. The fourth-order valence-electron chi connectivity index (χ4n) is 2.35. The van der Waals surface area contributed by atoms with Gasteiger partial charge in [0.05, 0.1) is 17.8 Å². The zero-order valence-electron chi connectivity index (χ0n) is 11.8. The molecule has 0 aliphatic heterocycles. The third-order valence-electron chi connectivity index (χ3n) is 3.73. The number of fused-ring (bicyclic) bond motifs is 1. The molecule has 0 aliphatic carbocycles. The van der Waals surface area contributed by atoms with Crippen molar-refractivity contribution in [3.05, 3.63) is 58.4 Å². The minimum atomic E-state index is -0.0651. The second kappa shape index (κ2) is 5.41. The molecule has 108 valence electrons. The summed E-state index contributed by atoms with van der Waals surface area (Å²) in [5.74, 6) is -0.0651. The Balaban J connectivity index is 1.87. The fraction of sp³-hybridized carbons (Fsp3) is 0.188. The van der Waals surface area contributed by atoms with Crippen molar-refractivity contribution in [3.8, 4) is 0 Å². The summed E-state index contributed by atoms with van der Waals surface area (Å²) in [6, 6.07) is 11.4. The summed E-state index contributed by atoms with van der Waals surface area (Å²) in [6.07, 6.45) is 1.60. The van der Waals surface area contributed by atoms with Crippen molar-refractivity contribution in [1.29, 1.82) is 0 Å². The highest BCUT2D eigenvalue weighted by molar-refractivity contribution is 9.10. The van der Waals surface area contributed by atoms with Crippen molar-refractivity contribution >= 4 is 32.9 Å². The smallest absolute Gasteiger partial charge is 0.270 e. The zero-order chi connectivity index (χ0) is 15.0. The predicted octanol–water partition coefficient (Wildman–Crippen LogP) is 4.36. The number of halogens is 1. The first-order valence-electron chi connectivity index (χ1n) is 6.65. The Morgan fingerprint density at radius 1 is 1.33 bits per heavy atom. The van der Waals surface area contributed by atoms with Crippen LogP contribution in [0.4, 0.5) is 0 Å². The first kappa shape index (κ1) is 13.9. The van der Waals surface area contributed by atoms with Crippen molar-refractivity contribution in [3.63, 3.8) is 0 Å². The maximum Gasteiger partial charge on any atom is 0.270 e. The van der Waals surface area contributed by atoms with Crippen LogP contribution in [0.5, 0.6) is 0 Å². The van der Waals surface area contributed by atoms with Gasteiger partial charge in [0.25, 0.3) is 5.91 Å². The Bertz CT molecular complexity index is 762. The number of H-pyrrole nitrogens is 1. The maximum atomic E-state index is 12.6. The van der Waals surface area contributed by atoms with Gasteiger partial charge in [-0.1, -0.05) is 34.1 Å². The summed E-state index contributed by atoms with van der Waals surface area (Å²) in [7, 11) is 1.80. The van der Waals surface area contributed by atoms with Crippen LogP contribution in [0.1, 0.15) is 29.0 Å². The molecule has 0 saturated heterocycles. The summed E-state index contributed by atoms with van der Waals surface area (Å²) in [4.78, 5) is 17.4. The van der Waals surface area contributed by atoms with Gasteiger partial charge in [-0.25, -0.2) is 0 Å². The first-order valence-corrected chi connectivity index (χ1v) is 7.45. The minimum absolute atomic E-state index is 0.0392. The Hall–Kier alpha value is -2.01. The fourth-order valence-corrected chi connectivity index (χ4v) is 2.97. The van der Waals surface area contributed by atoms with Gasteiger partial charge in [-0.05, 0) is 18.6 Å². The number of nitrogens with one attached hydrogen (secondary N) is 1. The lowest BCUT2D eigenvalue weighted by molar-refractivity contribution is 0.0737. The van der Waals surface area contributed by atoms with Crippen molar-refractivity contribution in [1.82, 2.24) is 9.88 Å². The highest BCUT2D eigenvalue weighted by Crippen LogP contribution is 2.28. The van der Waals surface area contributed by atoms with Gasteiger partial charge >= 0.3 is 0 Å². The van der Waals surface area contributed by atoms with Crippen LogP contribution >= 0.6 is 15.9 Å². The van der Waals surface area contributed by atoms with Crippen LogP contribution in [0.2, 0.25) is 0 Å².